The fraction of sp³-hybridized carbons (Fsp3) is 0.800. The largest absolute Gasteiger partial charge is 0.481 e. The molecule has 0 heterocycles. The predicted octanol–water partition coefficient (Wildman–Crippen LogP) is 0.609. The summed E-state index contributed by atoms with van der Waals surface area (Å²) >= 11 is 0. The fourth-order valence-corrected chi connectivity index (χ4v) is 2.54. The van der Waals surface area contributed by atoms with Crippen LogP contribution >= 0.6 is 0 Å². The third-order valence-electron chi connectivity index (χ3n) is 2.19. The lowest BCUT2D eigenvalue weighted by Crippen LogP contribution is -2.15. The van der Waals surface area contributed by atoms with Crippen LogP contribution in [0.4, 0.5) is 0 Å². The second-order valence-corrected chi connectivity index (χ2v) is 5.99. The molecule has 0 fully saturated rings. The first-order chi connectivity index (χ1) is 7.87. The van der Waals surface area contributed by atoms with Crippen LogP contribution in [0.15, 0.2) is 0 Å². The summed E-state index contributed by atoms with van der Waals surface area (Å²) < 4.78 is 27.2. The molecule has 0 saturated heterocycles. The van der Waals surface area contributed by atoms with Gasteiger partial charge in [-0.2, -0.15) is 0 Å². The van der Waals surface area contributed by atoms with Crippen LogP contribution in [-0.4, -0.2) is 44.1 Å². The Kier molecular flexibility index (Phi) is 7.53. The number of carbonyl (C=O) groups is 2. The maximum absolute atomic E-state index is 11.4. The van der Waals surface area contributed by atoms with E-state index in [2.05, 4.69) is 4.74 Å². The molecule has 0 aromatic heterocycles. The number of carboxylic acids is 1. The van der Waals surface area contributed by atoms with E-state index in [0.717, 1.165) is 0 Å². The van der Waals surface area contributed by atoms with Gasteiger partial charge in [-0.05, 0) is 12.8 Å². The van der Waals surface area contributed by atoms with Crippen molar-refractivity contribution in [1.82, 2.24) is 0 Å². The van der Waals surface area contributed by atoms with Crippen molar-refractivity contribution in [3.63, 3.8) is 0 Å². The number of hydrogen-bond donors (Lipinski definition) is 1. The fourth-order valence-electron chi connectivity index (χ4n) is 1.22. The number of hydrogen-bond acceptors (Lipinski definition) is 5. The number of unbranched alkanes of at least 4 members (excludes halogenated alkanes) is 2. The lowest BCUT2D eigenvalue weighted by Gasteiger charge is -2.03. The summed E-state index contributed by atoms with van der Waals surface area (Å²) in [6.07, 6.45) is 1.39. The van der Waals surface area contributed by atoms with Gasteiger partial charge in [0.25, 0.3) is 0 Å². The first-order valence-corrected chi connectivity index (χ1v) is 7.18. The van der Waals surface area contributed by atoms with E-state index in [-0.39, 0.29) is 24.3 Å². The number of carboxylic acid groups (broad SMARTS) is 1. The van der Waals surface area contributed by atoms with Gasteiger partial charge in [-0.3, -0.25) is 9.59 Å². The molecule has 17 heavy (non-hydrogen) atoms. The van der Waals surface area contributed by atoms with E-state index in [4.69, 9.17) is 5.11 Å². The number of carbonyl (C=O) groups excluding carboxylic acids is 1. The van der Waals surface area contributed by atoms with E-state index in [9.17, 15) is 18.0 Å². The highest BCUT2D eigenvalue weighted by Gasteiger charge is 2.13. The van der Waals surface area contributed by atoms with Gasteiger partial charge < -0.3 is 9.84 Å². The normalized spacial score (nSPS) is 11.1. The summed E-state index contributed by atoms with van der Waals surface area (Å²) in [6.45, 7) is 0. The van der Waals surface area contributed by atoms with Crippen molar-refractivity contribution in [3.05, 3.63) is 0 Å². The van der Waals surface area contributed by atoms with Gasteiger partial charge in [0.15, 0.2) is 9.84 Å². The molecule has 0 aliphatic carbocycles. The summed E-state index contributed by atoms with van der Waals surface area (Å²) in [5, 5.41) is 8.38. The molecule has 1 N–H and O–H groups in total. The first kappa shape index (κ1) is 15.9. The smallest absolute Gasteiger partial charge is 0.306 e. The Morgan fingerprint density at radius 3 is 2.24 bits per heavy atom. The standard InChI is InChI=1S/C10H18O6S/c1-16-10(13)6-8-17(14,15)7-4-2-3-5-9(11)12/h2-8H2,1H3,(H,11,12). The van der Waals surface area contributed by atoms with Crippen molar-refractivity contribution in [1.29, 1.82) is 0 Å². The van der Waals surface area contributed by atoms with Gasteiger partial charge in [0, 0.05) is 6.42 Å². The predicted molar refractivity (Wildman–Crippen MR) is 61.4 cm³/mol. The van der Waals surface area contributed by atoms with E-state index in [0.29, 0.717) is 19.3 Å². The van der Waals surface area contributed by atoms with Gasteiger partial charge in [-0.15, -0.1) is 0 Å². The SMILES string of the molecule is COC(=O)CCS(=O)(=O)CCCCCC(=O)O. The summed E-state index contributed by atoms with van der Waals surface area (Å²) in [5.41, 5.74) is 0. The number of rotatable bonds is 9. The molecule has 0 unspecified atom stereocenters. The molecule has 7 heteroatoms. The topological polar surface area (TPSA) is 97.7 Å². The zero-order valence-electron chi connectivity index (χ0n) is 9.85. The van der Waals surface area contributed by atoms with E-state index < -0.39 is 21.8 Å². The van der Waals surface area contributed by atoms with Crippen LogP contribution in [0, 0.1) is 0 Å². The molecule has 0 spiro atoms. The van der Waals surface area contributed by atoms with E-state index in [1.54, 1.807) is 0 Å². The van der Waals surface area contributed by atoms with Crippen molar-refractivity contribution >= 4 is 21.8 Å². The first-order valence-electron chi connectivity index (χ1n) is 5.36. The van der Waals surface area contributed by atoms with Crippen LogP contribution in [0.25, 0.3) is 0 Å². The molecule has 0 atom stereocenters. The van der Waals surface area contributed by atoms with Crippen LogP contribution < -0.4 is 0 Å². The number of sulfone groups is 1. The summed E-state index contributed by atoms with van der Waals surface area (Å²) in [7, 11) is -2.03. The zero-order chi connectivity index (χ0) is 13.3. The van der Waals surface area contributed by atoms with E-state index in [1.165, 1.54) is 7.11 Å². The molecule has 0 amide bonds. The van der Waals surface area contributed by atoms with Crippen molar-refractivity contribution in [3.8, 4) is 0 Å². The summed E-state index contributed by atoms with van der Waals surface area (Å²) in [6, 6.07) is 0. The quantitative estimate of drug-likeness (QED) is 0.485. The Bertz CT molecular complexity index is 346. The summed E-state index contributed by atoms with van der Waals surface area (Å²) in [5.74, 6) is -1.64. The zero-order valence-corrected chi connectivity index (χ0v) is 10.7. The van der Waals surface area contributed by atoms with E-state index in [1.807, 2.05) is 0 Å². The molecule has 0 aliphatic rings. The van der Waals surface area contributed by atoms with Crippen LogP contribution in [0.3, 0.4) is 0 Å². The van der Waals surface area contributed by atoms with Crippen LogP contribution in [0.2, 0.25) is 0 Å². The monoisotopic (exact) mass is 266 g/mol. The lowest BCUT2D eigenvalue weighted by atomic mass is 10.2. The van der Waals surface area contributed by atoms with Crippen LogP contribution in [0.5, 0.6) is 0 Å². The molecule has 0 rings (SSSR count). The van der Waals surface area contributed by atoms with Gasteiger partial charge in [0.1, 0.15) is 0 Å². The molecule has 0 bridgehead atoms. The molecule has 0 saturated carbocycles. The molecule has 6 nitrogen and oxygen atoms in total. The third-order valence-corrected chi connectivity index (χ3v) is 3.93. The third kappa shape index (κ3) is 9.80. The van der Waals surface area contributed by atoms with Crippen molar-refractivity contribution in [2.75, 3.05) is 18.6 Å². The van der Waals surface area contributed by atoms with Crippen LogP contribution in [-0.2, 0) is 24.2 Å². The number of methoxy groups -OCH3 is 1. The highest BCUT2D eigenvalue weighted by Crippen LogP contribution is 2.04. The van der Waals surface area contributed by atoms with Crippen molar-refractivity contribution < 1.29 is 27.9 Å². The Balaban J connectivity index is 3.71. The maximum atomic E-state index is 11.4. The van der Waals surface area contributed by atoms with Gasteiger partial charge in [-0.1, -0.05) is 6.42 Å². The molecule has 0 aromatic rings. The number of ether oxygens (including phenoxy) is 1. The Labute approximate surface area is 101 Å². The molecule has 0 aromatic carbocycles. The second-order valence-electron chi connectivity index (χ2n) is 3.68. The molecule has 0 aliphatic heterocycles. The van der Waals surface area contributed by atoms with Gasteiger partial charge in [0.05, 0.1) is 25.0 Å². The average molecular weight is 266 g/mol. The minimum Gasteiger partial charge on any atom is -0.481 e. The Morgan fingerprint density at radius 2 is 1.71 bits per heavy atom. The van der Waals surface area contributed by atoms with E-state index >= 15 is 0 Å². The van der Waals surface area contributed by atoms with Gasteiger partial charge in [0.2, 0.25) is 0 Å². The van der Waals surface area contributed by atoms with Crippen molar-refractivity contribution in [2.24, 2.45) is 0 Å². The average Bonchev–Trinajstić information content (AvgIpc) is 2.25. The van der Waals surface area contributed by atoms with Crippen LogP contribution in [0.1, 0.15) is 32.1 Å². The minimum atomic E-state index is -3.24. The van der Waals surface area contributed by atoms with Gasteiger partial charge in [-0.25, -0.2) is 8.42 Å². The number of esters is 1. The van der Waals surface area contributed by atoms with Crippen molar-refractivity contribution in [2.45, 2.75) is 32.1 Å². The lowest BCUT2D eigenvalue weighted by molar-refractivity contribution is -0.140. The number of aliphatic carboxylic acids is 1. The Hall–Kier alpha value is -1.11. The summed E-state index contributed by atoms with van der Waals surface area (Å²) in [4.78, 5) is 21.0. The minimum absolute atomic E-state index is 0.0103. The molecular weight excluding hydrogens is 248 g/mol. The second kappa shape index (κ2) is 8.05. The highest BCUT2D eigenvalue weighted by atomic mass is 32.2. The highest BCUT2D eigenvalue weighted by molar-refractivity contribution is 7.91. The maximum Gasteiger partial charge on any atom is 0.306 e. The molecule has 100 valence electrons. The molecule has 0 radical (unpaired) electrons. The van der Waals surface area contributed by atoms with Gasteiger partial charge >= 0.3 is 11.9 Å². The Morgan fingerprint density at radius 1 is 1.06 bits per heavy atom. The molecular formula is C10H18O6S.